The van der Waals surface area contributed by atoms with E-state index < -0.39 is 11.6 Å². The molecule has 2 heterocycles. The Labute approximate surface area is 139 Å². The van der Waals surface area contributed by atoms with Gasteiger partial charge >= 0.3 is 6.03 Å². The number of rotatable bonds is 6. The van der Waals surface area contributed by atoms with E-state index in [1.807, 2.05) is 44.2 Å². The molecule has 3 amide bonds. The highest BCUT2D eigenvalue weighted by Crippen LogP contribution is 2.32. The van der Waals surface area contributed by atoms with Crippen molar-refractivity contribution in [2.75, 3.05) is 0 Å². The fraction of sp³-hybridized carbons (Fsp3) is 0.438. The molecule has 1 aliphatic rings. The third kappa shape index (κ3) is 2.53. The van der Waals surface area contributed by atoms with Gasteiger partial charge in [0, 0.05) is 6.54 Å². The molecule has 0 aliphatic carbocycles. The Morgan fingerprint density at radius 2 is 1.92 bits per heavy atom. The van der Waals surface area contributed by atoms with Gasteiger partial charge in [0.2, 0.25) is 0 Å². The van der Waals surface area contributed by atoms with Gasteiger partial charge in [-0.15, -0.1) is 5.10 Å². The number of amides is 3. The number of hydrogen-bond acceptors (Lipinski definition) is 5. The van der Waals surface area contributed by atoms with E-state index in [9.17, 15) is 9.59 Å². The first-order valence-electron chi connectivity index (χ1n) is 8.07. The lowest BCUT2D eigenvalue weighted by Gasteiger charge is -2.25. The summed E-state index contributed by atoms with van der Waals surface area (Å²) in [7, 11) is 0. The second-order valence-electron chi connectivity index (χ2n) is 5.76. The zero-order chi connectivity index (χ0) is 17.2. The summed E-state index contributed by atoms with van der Waals surface area (Å²) in [4.78, 5) is 26.7. The highest BCUT2D eigenvalue weighted by atomic mass is 16.2. The molecule has 0 bridgehead atoms. The Hall–Kier alpha value is -2.77. The number of benzene rings is 1. The molecule has 0 saturated carbocycles. The van der Waals surface area contributed by atoms with Crippen LogP contribution in [0.1, 0.15) is 38.1 Å². The van der Waals surface area contributed by atoms with E-state index in [1.165, 1.54) is 4.90 Å². The van der Waals surface area contributed by atoms with Crippen molar-refractivity contribution in [3.8, 4) is 0 Å². The average Bonchev–Trinajstić information content (AvgIpc) is 3.14. The molecule has 2 aromatic rings. The monoisotopic (exact) mass is 328 g/mol. The Kier molecular flexibility index (Phi) is 4.28. The van der Waals surface area contributed by atoms with Gasteiger partial charge in [0.25, 0.3) is 5.91 Å². The molecule has 1 saturated heterocycles. The van der Waals surface area contributed by atoms with Crippen LogP contribution in [0.5, 0.6) is 0 Å². The van der Waals surface area contributed by atoms with Gasteiger partial charge in [-0.3, -0.25) is 9.69 Å². The lowest BCUT2D eigenvalue weighted by Crippen LogP contribution is -2.43. The summed E-state index contributed by atoms with van der Waals surface area (Å²) in [6.45, 7) is 4.60. The maximum atomic E-state index is 13.0. The first-order valence-corrected chi connectivity index (χ1v) is 8.07. The summed E-state index contributed by atoms with van der Waals surface area (Å²) in [5.74, 6) is 0.229. The van der Waals surface area contributed by atoms with Crippen molar-refractivity contribution in [1.82, 2.24) is 30.4 Å². The van der Waals surface area contributed by atoms with Gasteiger partial charge in [-0.25, -0.2) is 9.48 Å². The minimum absolute atomic E-state index is 0.0618. The third-order valence-electron chi connectivity index (χ3n) is 4.31. The number of carbonyl (C=O) groups excluding carboxylic acids is 2. The van der Waals surface area contributed by atoms with E-state index in [4.69, 9.17) is 0 Å². The number of tetrazole rings is 1. The minimum atomic E-state index is -1.03. The third-order valence-corrected chi connectivity index (χ3v) is 4.31. The smallest absolute Gasteiger partial charge is 0.319 e. The number of urea groups is 1. The van der Waals surface area contributed by atoms with Gasteiger partial charge in [-0.1, -0.05) is 44.2 Å². The molecule has 1 fully saturated rings. The van der Waals surface area contributed by atoms with E-state index in [-0.39, 0.29) is 12.5 Å². The molecule has 1 atom stereocenters. The quantitative estimate of drug-likeness (QED) is 0.810. The summed E-state index contributed by atoms with van der Waals surface area (Å²) >= 11 is 0. The van der Waals surface area contributed by atoms with Crippen LogP contribution in [0.3, 0.4) is 0 Å². The largest absolute Gasteiger partial charge is 0.325 e. The van der Waals surface area contributed by atoms with Crippen LogP contribution in [0, 0.1) is 0 Å². The standard InChI is InChI=1S/C16H20N6O2/c1-3-10-22-13(18-19-20-22)11-21-14(23)16(4-2,17-15(21)24)12-8-6-5-7-9-12/h5-9H,3-4,10-11H2,1-2H3,(H,17,24). The Morgan fingerprint density at radius 1 is 1.17 bits per heavy atom. The molecule has 1 aromatic carbocycles. The highest BCUT2D eigenvalue weighted by Gasteiger charge is 2.51. The lowest BCUT2D eigenvalue weighted by atomic mass is 9.87. The predicted molar refractivity (Wildman–Crippen MR) is 85.6 cm³/mol. The van der Waals surface area contributed by atoms with Crippen molar-refractivity contribution in [2.24, 2.45) is 0 Å². The number of carbonyl (C=O) groups is 2. The SMILES string of the molecule is CCCn1nnnc1CN1C(=O)NC(CC)(c2ccccc2)C1=O. The number of hydrogen-bond donors (Lipinski definition) is 1. The zero-order valence-electron chi connectivity index (χ0n) is 13.8. The summed E-state index contributed by atoms with van der Waals surface area (Å²) in [6.07, 6.45) is 1.33. The molecule has 8 nitrogen and oxygen atoms in total. The molecule has 1 N–H and O–H groups in total. The van der Waals surface area contributed by atoms with E-state index >= 15 is 0 Å². The van der Waals surface area contributed by atoms with Gasteiger partial charge < -0.3 is 5.32 Å². The van der Waals surface area contributed by atoms with Gasteiger partial charge in [0.1, 0.15) is 5.54 Å². The molecule has 1 unspecified atom stereocenters. The summed E-state index contributed by atoms with van der Waals surface area (Å²) in [5, 5.41) is 14.3. The molecule has 126 valence electrons. The van der Waals surface area contributed by atoms with Crippen LogP contribution in [-0.2, 0) is 23.4 Å². The van der Waals surface area contributed by atoms with Crippen molar-refractivity contribution in [1.29, 1.82) is 0 Å². The molecule has 8 heteroatoms. The van der Waals surface area contributed by atoms with Gasteiger partial charge in [-0.2, -0.15) is 0 Å². The van der Waals surface area contributed by atoms with Crippen molar-refractivity contribution in [2.45, 2.75) is 45.3 Å². The van der Waals surface area contributed by atoms with Crippen LogP contribution < -0.4 is 5.32 Å². The maximum absolute atomic E-state index is 13.0. The first-order chi connectivity index (χ1) is 11.6. The molecule has 0 radical (unpaired) electrons. The molecule has 24 heavy (non-hydrogen) atoms. The van der Waals surface area contributed by atoms with Crippen molar-refractivity contribution in [3.63, 3.8) is 0 Å². The Morgan fingerprint density at radius 3 is 2.58 bits per heavy atom. The highest BCUT2D eigenvalue weighted by molar-refractivity contribution is 6.07. The fourth-order valence-corrected chi connectivity index (χ4v) is 3.00. The van der Waals surface area contributed by atoms with Crippen molar-refractivity contribution >= 4 is 11.9 Å². The van der Waals surface area contributed by atoms with Crippen LogP contribution in [0.4, 0.5) is 4.79 Å². The maximum Gasteiger partial charge on any atom is 0.325 e. The van der Waals surface area contributed by atoms with E-state index in [0.717, 1.165) is 12.0 Å². The minimum Gasteiger partial charge on any atom is -0.319 e. The number of aromatic nitrogens is 4. The van der Waals surface area contributed by atoms with Crippen LogP contribution in [-0.4, -0.2) is 37.0 Å². The van der Waals surface area contributed by atoms with Crippen LogP contribution >= 0.6 is 0 Å². The molecular weight excluding hydrogens is 308 g/mol. The summed E-state index contributed by atoms with van der Waals surface area (Å²) in [5.41, 5.74) is -0.247. The first kappa shape index (κ1) is 16.1. The van der Waals surface area contributed by atoms with Gasteiger partial charge in [0.05, 0.1) is 6.54 Å². The fourth-order valence-electron chi connectivity index (χ4n) is 3.00. The lowest BCUT2D eigenvalue weighted by molar-refractivity contribution is -0.132. The number of nitrogens with zero attached hydrogens (tertiary/aromatic N) is 5. The van der Waals surface area contributed by atoms with E-state index in [2.05, 4.69) is 20.8 Å². The van der Waals surface area contributed by atoms with Crippen LogP contribution in [0.15, 0.2) is 30.3 Å². The molecule has 3 rings (SSSR count). The molecular formula is C16H20N6O2. The molecule has 1 aromatic heterocycles. The number of imide groups is 1. The van der Waals surface area contributed by atoms with Gasteiger partial charge in [-0.05, 0) is 28.8 Å². The van der Waals surface area contributed by atoms with Crippen LogP contribution in [0.25, 0.3) is 0 Å². The Bertz CT molecular complexity index is 744. The predicted octanol–water partition coefficient (Wildman–Crippen LogP) is 1.44. The zero-order valence-corrected chi connectivity index (χ0v) is 13.8. The summed E-state index contributed by atoms with van der Waals surface area (Å²) in [6, 6.07) is 8.88. The topological polar surface area (TPSA) is 93.0 Å². The van der Waals surface area contributed by atoms with Crippen LogP contribution in [0.2, 0.25) is 0 Å². The number of nitrogens with one attached hydrogen (secondary N) is 1. The van der Waals surface area contributed by atoms with E-state index in [0.29, 0.717) is 18.8 Å². The van der Waals surface area contributed by atoms with E-state index in [1.54, 1.807) is 4.68 Å². The van der Waals surface area contributed by atoms with Gasteiger partial charge in [0.15, 0.2) is 5.82 Å². The molecule has 0 spiro atoms. The van der Waals surface area contributed by atoms with Crippen molar-refractivity contribution < 1.29 is 9.59 Å². The number of aryl methyl sites for hydroxylation is 1. The average molecular weight is 328 g/mol. The second-order valence-corrected chi connectivity index (χ2v) is 5.76. The Balaban J connectivity index is 1.90. The summed E-state index contributed by atoms with van der Waals surface area (Å²) < 4.78 is 1.62. The second kappa shape index (κ2) is 6.38. The normalized spacial score (nSPS) is 20.5. The van der Waals surface area contributed by atoms with Crippen molar-refractivity contribution in [3.05, 3.63) is 41.7 Å². The molecule has 1 aliphatic heterocycles.